The largest absolute Gasteiger partial charge is 0.497 e. The summed E-state index contributed by atoms with van der Waals surface area (Å²) < 4.78 is 12.2. The molecule has 0 fully saturated rings. The van der Waals surface area contributed by atoms with Crippen LogP contribution < -0.4 is 10.1 Å². The highest BCUT2D eigenvalue weighted by Gasteiger charge is 2.15. The quantitative estimate of drug-likeness (QED) is 0.711. The molecule has 0 bridgehead atoms. The Bertz CT molecular complexity index is 845. The first-order chi connectivity index (χ1) is 12.2. The molecule has 0 aliphatic heterocycles. The van der Waals surface area contributed by atoms with Gasteiger partial charge in [0, 0.05) is 13.2 Å². The molecule has 3 rings (SSSR count). The molecule has 2 aromatic heterocycles. The van der Waals surface area contributed by atoms with Gasteiger partial charge in [-0.2, -0.15) is 5.10 Å². The number of nitrogens with zero attached hydrogens (tertiary/aromatic N) is 4. The number of hydrogen-bond acceptors (Lipinski definition) is 6. The first-order valence-corrected chi connectivity index (χ1v) is 8.30. The zero-order valence-electron chi connectivity index (χ0n) is 15.0. The SMILES string of the molecule is CC[C@H](C)Nc1nc(COC)nc2c1cnn2-c1ccc(OC)cc1. The van der Waals surface area contributed by atoms with E-state index in [9.17, 15) is 0 Å². The third kappa shape index (κ3) is 3.56. The van der Waals surface area contributed by atoms with Gasteiger partial charge in [0.1, 0.15) is 18.2 Å². The van der Waals surface area contributed by atoms with E-state index >= 15 is 0 Å². The van der Waals surface area contributed by atoms with Crippen LogP contribution >= 0.6 is 0 Å². The van der Waals surface area contributed by atoms with Gasteiger partial charge in [0.15, 0.2) is 11.5 Å². The van der Waals surface area contributed by atoms with Crippen LogP contribution in [0, 0.1) is 0 Å². The van der Waals surface area contributed by atoms with Crippen LogP contribution in [0.5, 0.6) is 5.75 Å². The van der Waals surface area contributed by atoms with E-state index in [0.29, 0.717) is 18.5 Å². The Balaban J connectivity index is 2.10. The third-order valence-electron chi connectivity index (χ3n) is 4.06. The number of aromatic nitrogens is 4. The van der Waals surface area contributed by atoms with Gasteiger partial charge in [-0.05, 0) is 37.6 Å². The highest BCUT2D eigenvalue weighted by atomic mass is 16.5. The van der Waals surface area contributed by atoms with E-state index in [1.165, 1.54) is 0 Å². The monoisotopic (exact) mass is 341 g/mol. The molecule has 7 nitrogen and oxygen atoms in total. The lowest BCUT2D eigenvalue weighted by atomic mass is 10.2. The highest BCUT2D eigenvalue weighted by molar-refractivity contribution is 5.87. The molecule has 25 heavy (non-hydrogen) atoms. The first kappa shape index (κ1) is 17.2. The Morgan fingerprint density at radius 3 is 2.56 bits per heavy atom. The van der Waals surface area contributed by atoms with Gasteiger partial charge in [0.2, 0.25) is 0 Å². The zero-order chi connectivity index (χ0) is 17.8. The summed E-state index contributed by atoms with van der Waals surface area (Å²) in [6, 6.07) is 8.01. The number of benzene rings is 1. The molecule has 132 valence electrons. The van der Waals surface area contributed by atoms with Crippen LogP contribution in [-0.4, -0.2) is 40.0 Å². The third-order valence-corrected chi connectivity index (χ3v) is 4.06. The van der Waals surface area contributed by atoms with Gasteiger partial charge in [-0.3, -0.25) is 0 Å². The zero-order valence-corrected chi connectivity index (χ0v) is 15.0. The Hall–Kier alpha value is -2.67. The van der Waals surface area contributed by atoms with Crippen LogP contribution in [0.2, 0.25) is 0 Å². The maximum atomic E-state index is 5.22. The van der Waals surface area contributed by atoms with Crippen molar-refractivity contribution in [2.75, 3.05) is 19.5 Å². The Labute approximate surface area is 147 Å². The fourth-order valence-corrected chi connectivity index (χ4v) is 2.50. The van der Waals surface area contributed by atoms with Gasteiger partial charge >= 0.3 is 0 Å². The molecule has 3 aromatic rings. The number of ether oxygens (including phenoxy) is 2. The molecule has 0 aliphatic rings. The summed E-state index contributed by atoms with van der Waals surface area (Å²) in [5.41, 5.74) is 1.66. The van der Waals surface area contributed by atoms with Crippen LogP contribution in [0.25, 0.3) is 16.7 Å². The molecule has 7 heteroatoms. The minimum atomic E-state index is 0.304. The van der Waals surface area contributed by atoms with Crippen molar-refractivity contribution in [3.8, 4) is 11.4 Å². The molecule has 0 saturated carbocycles. The molecule has 0 unspecified atom stereocenters. The van der Waals surface area contributed by atoms with Crippen molar-refractivity contribution in [3.63, 3.8) is 0 Å². The predicted octanol–water partition coefficient (Wildman–Crippen LogP) is 3.18. The van der Waals surface area contributed by atoms with Gasteiger partial charge in [-0.15, -0.1) is 0 Å². The number of rotatable bonds is 7. The molecule has 1 N–H and O–H groups in total. The van der Waals surface area contributed by atoms with E-state index < -0.39 is 0 Å². The van der Waals surface area contributed by atoms with Gasteiger partial charge < -0.3 is 14.8 Å². The van der Waals surface area contributed by atoms with Crippen molar-refractivity contribution in [3.05, 3.63) is 36.3 Å². The maximum Gasteiger partial charge on any atom is 0.168 e. The number of nitrogens with one attached hydrogen (secondary N) is 1. The molecule has 0 amide bonds. The normalized spacial score (nSPS) is 12.3. The second-order valence-electron chi connectivity index (χ2n) is 5.87. The molecule has 0 radical (unpaired) electrons. The highest BCUT2D eigenvalue weighted by Crippen LogP contribution is 2.24. The summed E-state index contributed by atoms with van der Waals surface area (Å²) in [6.45, 7) is 4.60. The van der Waals surface area contributed by atoms with Crippen molar-refractivity contribution < 1.29 is 9.47 Å². The fraction of sp³-hybridized carbons (Fsp3) is 0.389. The molecule has 2 heterocycles. The molecule has 0 saturated heterocycles. The van der Waals surface area contributed by atoms with Crippen LogP contribution in [0.4, 0.5) is 5.82 Å². The van der Waals surface area contributed by atoms with E-state index in [1.54, 1.807) is 25.1 Å². The summed E-state index contributed by atoms with van der Waals surface area (Å²) in [5.74, 6) is 2.20. The van der Waals surface area contributed by atoms with Crippen molar-refractivity contribution in [1.82, 2.24) is 19.7 Å². The number of fused-ring (bicyclic) bond motifs is 1. The standard InChI is InChI=1S/C18H23N5O2/c1-5-12(2)20-17-15-10-19-23(13-6-8-14(25-4)9-7-13)18(15)22-16(21-17)11-24-3/h6-10,12H,5,11H2,1-4H3,(H,20,21,22)/t12-/m0/s1. The number of anilines is 1. The lowest BCUT2D eigenvalue weighted by Gasteiger charge is -2.14. The van der Waals surface area contributed by atoms with Crippen molar-refractivity contribution in [1.29, 1.82) is 0 Å². The van der Waals surface area contributed by atoms with Crippen LogP contribution in [0.3, 0.4) is 0 Å². The summed E-state index contributed by atoms with van der Waals surface area (Å²) in [4.78, 5) is 9.22. The van der Waals surface area contributed by atoms with E-state index in [4.69, 9.17) is 9.47 Å². The lowest BCUT2D eigenvalue weighted by molar-refractivity contribution is 0.178. The lowest BCUT2D eigenvalue weighted by Crippen LogP contribution is -2.16. The fourth-order valence-electron chi connectivity index (χ4n) is 2.50. The van der Waals surface area contributed by atoms with Gasteiger partial charge in [0.25, 0.3) is 0 Å². The van der Waals surface area contributed by atoms with E-state index in [0.717, 1.165) is 34.7 Å². The Kier molecular flexibility index (Phi) is 5.14. The first-order valence-electron chi connectivity index (χ1n) is 8.30. The van der Waals surface area contributed by atoms with Crippen molar-refractivity contribution in [2.24, 2.45) is 0 Å². The molecule has 1 atom stereocenters. The molecule has 0 spiro atoms. The molecular formula is C18H23N5O2. The second kappa shape index (κ2) is 7.48. The predicted molar refractivity (Wildman–Crippen MR) is 97.3 cm³/mol. The van der Waals surface area contributed by atoms with Crippen molar-refractivity contribution in [2.45, 2.75) is 32.9 Å². The average Bonchev–Trinajstić information content (AvgIpc) is 3.06. The van der Waals surface area contributed by atoms with Crippen LogP contribution in [-0.2, 0) is 11.3 Å². The van der Waals surface area contributed by atoms with Gasteiger partial charge in [-0.25, -0.2) is 14.6 Å². The van der Waals surface area contributed by atoms with Gasteiger partial charge in [0.05, 0.1) is 24.4 Å². The minimum Gasteiger partial charge on any atom is -0.497 e. The average molecular weight is 341 g/mol. The van der Waals surface area contributed by atoms with E-state index in [2.05, 4.69) is 34.2 Å². The Morgan fingerprint density at radius 1 is 1.16 bits per heavy atom. The number of methoxy groups -OCH3 is 2. The second-order valence-corrected chi connectivity index (χ2v) is 5.87. The molecule has 1 aromatic carbocycles. The maximum absolute atomic E-state index is 5.22. The number of hydrogen-bond donors (Lipinski definition) is 1. The smallest absolute Gasteiger partial charge is 0.168 e. The summed E-state index contributed by atoms with van der Waals surface area (Å²) in [6.07, 6.45) is 2.79. The van der Waals surface area contributed by atoms with E-state index in [1.807, 2.05) is 24.3 Å². The van der Waals surface area contributed by atoms with Crippen LogP contribution in [0.1, 0.15) is 26.1 Å². The molecule has 0 aliphatic carbocycles. The van der Waals surface area contributed by atoms with Gasteiger partial charge in [-0.1, -0.05) is 6.92 Å². The Morgan fingerprint density at radius 2 is 1.92 bits per heavy atom. The van der Waals surface area contributed by atoms with Crippen molar-refractivity contribution >= 4 is 16.9 Å². The van der Waals surface area contributed by atoms with E-state index in [-0.39, 0.29) is 0 Å². The van der Waals surface area contributed by atoms with Crippen LogP contribution in [0.15, 0.2) is 30.5 Å². The molecular weight excluding hydrogens is 318 g/mol. The summed E-state index contributed by atoms with van der Waals surface area (Å²) >= 11 is 0. The minimum absolute atomic E-state index is 0.304. The topological polar surface area (TPSA) is 74.1 Å². The summed E-state index contributed by atoms with van der Waals surface area (Å²) in [7, 11) is 3.28. The summed E-state index contributed by atoms with van der Waals surface area (Å²) in [5, 5.41) is 8.83.